The predicted molar refractivity (Wildman–Crippen MR) is 75.8 cm³/mol. The van der Waals surface area contributed by atoms with Crippen LogP contribution in [0.15, 0.2) is 23.1 Å². The monoisotopic (exact) mass is 333 g/mol. The van der Waals surface area contributed by atoms with E-state index in [0.29, 0.717) is 38.8 Å². The molecule has 0 saturated carbocycles. The zero-order valence-electron chi connectivity index (χ0n) is 12.4. The van der Waals surface area contributed by atoms with Crippen LogP contribution < -0.4 is 5.56 Å². The molecule has 9 heteroatoms. The van der Waals surface area contributed by atoms with Gasteiger partial charge >= 0.3 is 6.18 Å². The lowest BCUT2D eigenvalue weighted by Crippen LogP contribution is -2.50. The van der Waals surface area contributed by atoms with Gasteiger partial charge in [0, 0.05) is 38.9 Å². The molecular formula is C14H18F3N3O3. The molecule has 2 heterocycles. The van der Waals surface area contributed by atoms with Gasteiger partial charge in [-0.2, -0.15) is 13.2 Å². The third-order valence-corrected chi connectivity index (χ3v) is 3.77. The molecule has 1 N–H and O–H groups in total. The molecule has 6 nitrogen and oxygen atoms in total. The van der Waals surface area contributed by atoms with Crippen molar-refractivity contribution in [2.24, 2.45) is 0 Å². The maximum absolute atomic E-state index is 12.7. The van der Waals surface area contributed by atoms with Crippen molar-refractivity contribution in [1.29, 1.82) is 0 Å². The Balaban J connectivity index is 2.03. The van der Waals surface area contributed by atoms with Gasteiger partial charge in [0.1, 0.15) is 12.1 Å². The summed E-state index contributed by atoms with van der Waals surface area (Å²) >= 11 is 0. The third kappa shape index (κ3) is 4.32. The number of aliphatic hydroxyl groups is 1. The molecule has 2 rings (SSSR count). The van der Waals surface area contributed by atoms with Crippen LogP contribution in [0, 0.1) is 0 Å². The summed E-state index contributed by atoms with van der Waals surface area (Å²) in [5.41, 5.74) is -2.49. The molecule has 0 unspecified atom stereocenters. The van der Waals surface area contributed by atoms with E-state index in [-0.39, 0.29) is 6.61 Å². The molecule has 1 aromatic heterocycles. The molecule has 0 atom stereocenters. The average Bonchev–Trinajstić information content (AvgIpc) is 2.49. The summed E-state index contributed by atoms with van der Waals surface area (Å²) in [6.07, 6.45) is -3.56. The second-order valence-electron chi connectivity index (χ2n) is 5.30. The van der Waals surface area contributed by atoms with Crippen molar-refractivity contribution in [2.75, 3.05) is 39.3 Å². The highest BCUT2D eigenvalue weighted by Gasteiger charge is 2.34. The first-order valence-corrected chi connectivity index (χ1v) is 7.20. The van der Waals surface area contributed by atoms with E-state index in [1.807, 2.05) is 4.90 Å². The second kappa shape index (κ2) is 7.14. The molecular weight excluding hydrogens is 315 g/mol. The van der Waals surface area contributed by atoms with Gasteiger partial charge in [-0.1, -0.05) is 0 Å². The van der Waals surface area contributed by atoms with Gasteiger partial charge in [-0.05, 0) is 12.1 Å². The number of rotatable bonds is 4. The Morgan fingerprint density at radius 3 is 2.43 bits per heavy atom. The van der Waals surface area contributed by atoms with E-state index in [4.69, 9.17) is 5.11 Å². The Labute approximate surface area is 130 Å². The van der Waals surface area contributed by atoms with Crippen LogP contribution in [0.5, 0.6) is 0 Å². The number of aliphatic hydroxyl groups excluding tert-OH is 1. The van der Waals surface area contributed by atoms with Crippen LogP contribution in [0.25, 0.3) is 0 Å². The largest absolute Gasteiger partial charge is 0.421 e. The standard InChI is InChI=1S/C14H18F3N3O3/c15-14(16,17)11-2-1-3-20(13(11)23)10-12(22)19-6-4-18(5-7-19)8-9-21/h1-3,21H,4-10H2. The van der Waals surface area contributed by atoms with E-state index in [9.17, 15) is 22.8 Å². The highest BCUT2D eigenvalue weighted by Crippen LogP contribution is 2.25. The highest BCUT2D eigenvalue weighted by atomic mass is 19.4. The molecule has 1 fully saturated rings. The van der Waals surface area contributed by atoms with Crippen molar-refractivity contribution in [3.63, 3.8) is 0 Å². The van der Waals surface area contributed by atoms with Gasteiger partial charge in [0.15, 0.2) is 0 Å². The highest BCUT2D eigenvalue weighted by molar-refractivity contribution is 5.76. The Morgan fingerprint density at radius 2 is 1.87 bits per heavy atom. The molecule has 0 spiro atoms. The van der Waals surface area contributed by atoms with E-state index in [1.54, 1.807) is 0 Å². The van der Waals surface area contributed by atoms with Crippen molar-refractivity contribution < 1.29 is 23.1 Å². The van der Waals surface area contributed by atoms with Gasteiger partial charge in [-0.25, -0.2) is 0 Å². The number of amides is 1. The number of piperazine rings is 1. The molecule has 0 bridgehead atoms. The van der Waals surface area contributed by atoms with Gasteiger partial charge in [-0.3, -0.25) is 14.5 Å². The molecule has 1 amide bonds. The van der Waals surface area contributed by atoms with Gasteiger partial charge < -0.3 is 14.6 Å². The summed E-state index contributed by atoms with van der Waals surface area (Å²) in [6, 6.07) is 1.81. The lowest BCUT2D eigenvalue weighted by atomic mass is 10.2. The van der Waals surface area contributed by atoms with Crippen molar-refractivity contribution in [2.45, 2.75) is 12.7 Å². The van der Waals surface area contributed by atoms with Crippen LogP contribution in [0.1, 0.15) is 5.56 Å². The van der Waals surface area contributed by atoms with Crippen LogP contribution >= 0.6 is 0 Å². The Kier molecular flexibility index (Phi) is 5.42. The number of pyridine rings is 1. The molecule has 128 valence electrons. The van der Waals surface area contributed by atoms with Gasteiger partial charge in [0.05, 0.1) is 6.61 Å². The van der Waals surface area contributed by atoms with Crippen LogP contribution in [0.3, 0.4) is 0 Å². The molecule has 1 saturated heterocycles. The maximum Gasteiger partial charge on any atom is 0.421 e. The van der Waals surface area contributed by atoms with E-state index in [2.05, 4.69) is 0 Å². The molecule has 1 aliphatic heterocycles. The fourth-order valence-electron chi connectivity index (χ4n) is 2.49. The fraction of sp³-hybridized carbons (Fsp3) is 0.571. The molecule has 0 aromatic carbocycles. The van der Waals surface area contributed by atoms with Crippen molar-refractivity contribution in [3.05, 3.63) is 34.2 Å². The summed E-state index contributed by atoms with van der Waals surface area (Å²) in [5.74, 6) is -0.393. The minimum absolute atomic E-state index is 0.0353. The van der Waals surface area contributed by atoms with Crippen LogP contribution in [0.2, 0.25) is 0 Å². The van der Waals surface area contributed by atoms with Crippen molar-refractivity contribution in [3.8, 4) is 0 Å². The summed E-state index contributed by atoms with van der Waals surface area (Å²) < 4.78 is 38.9. The van der Waals surface area contributed by atoms with Crippen molar-refractivity contribution >= 4 is 5.91 Å². The molecule has 0 aliphatic carbocycles. The first-order valence-electron chi connectivity index (χ1n) is 7.20. The smallest absolute Gasteiger partial charge is 0.395 e. The van der Waals surface area contributed by atoms with E-state index >= 15 is 0 Å². The number of hydrogen-bond donors (Lipinski definition) is 1. The van der Waals surface area contributed by atoms with Crippen LogP contribution in [0.4, 0.5) is 13.2 Å². The third-order valence-electron chi connectivity index (χ3n) is 3.77. The zero-order chi connectivity index (χ0) is 17.0. The normalized spacial score (nSPS) is 16.6. The molecule has 1 aliphatic rings. The summed E-state index contributed by atoms with van der Waals surface area (Å²) in [5, 5.41) is 8.86. The quantitative estimate of drug-likeness (QED) is 0.843. The zero-order valence-corrected chi connectivity index (χ0v) is 12.4. The second-order valence-corrected chi connectivity index (χ2v) is 5.30. The maximum atomic E-state index is 12.7. The van der Waals surface area contributed by atoms with E-state index < -0.39 is 29.8 Å². The van der Waals surface area contributed by atoms with Crippen LogP contribution in [-0.2, 0) is 17.5 Å². The van der Waals surface area contributed by atoms with Gasteiger partial charge in [0.2, 0.25) is 5.91 Å². The van der Waals surface area contributed by atoms with Crippen molar-refractivity contribution in [1.82, 2.24) is 14.4 Å². The number of aromatic nitrogens is 1. The number of carbonyl (C=O) groups excluding carboxylic acids is 1. The molecule has 0 radical (unpaired) electrons. The Morgan fingerprint density at radius 1 is 1.22 bits per heavy atom. The Hall–Kier alpha value is -1.87. The van der Waals surface area contributed by atoms with Gasteiger partial charge in [-0.15, -0.1) is 0 Å². The molecule has 23 heavy (non-hydrogen) atoms. The van der Waals surface area contributed by atoms with Crippen LogP contribution in [-0.4, -0.2) is 64.7 Å². The summed E-state index contributed by atoms with van der Waals surface area (Å²) in [4.78, 5) is 27.5. The molecule has 1 aromatic rings. The van der Waals surface area contributed by atoms with E-state index in [0.717, 1.165) is 10.6 Å². The average molecular weight is 333 g/mol. The Bertz CT molecular complexity index is 607. The number of hydrogen-bond acceptors (Lipinski definition) is 4. The number of nitrogens with zero attached hydrogens (tertiary/aromatic N) is 3. The first-order chi connectivity index (χ1) is 10.8. The minimum Gasteiger partial charge on any atom is -0.395 e. The lowest BCUT2D eigenvalue weighted by Gasteiger charge is -2.34. The predicted octanol–water partition coefficient (Wildman–Crippen LogP) is 0.00360. The SMILES string of the molecule is O=C(Cn1cccc(C(F)(F)F)c1=O)N1CCN(CCO)CC1. The fourth-order valence-corrected chi connectivity index (χ4v) is 2.49. The minimum atomic E-state index is -4.74. The topological polar surface area (TPSA) is 65.8 Å². The van der Waals surface area contributed by atoms with E-state index in [1.165, 1.54) is 11.1 Å². The summed E-state index contributed by atoms with van der Waals surface area (Å²) in [6.45, 7) is 2.16. The first kappa shape index (κ1) is 17.5. The number of β-amino-alcohol motifs (C(OH)–C–C–N with tert-alkyl or cyclic N) is 1. The number of carbonyl (C=O) groups is 1. The van der Waals surface area contributed by atoms with Gasteiger partial charge in [0.25, 0.3) is 5.56 Å². The number of halogens is 3. The lowest BCUT2D eigenvalue weighted by molar-refractivity contribution is -0.140. The summed E-state index contributed by atoms with van der Waals surface area (Å²) in [7, 11) is 0. The number of alkyl halides is 3.